The van der Waals surface area contributed by atoms with Crippen LogP contribution in [-0.4, -0.2) is 27.4 Å². The molecule has 0 aliphatic carbocycles. The third kappa shape index (κ3) is 4.30. The highest BCUT2D eigenvalue weighted by molar-refractivity contribution is 9.10. The highest BCUT2D eigenvalue weighted by atomic mass is 79.9. The van der Waals surface area contributed by atoms with E-state index in [-0.39, 0.29) is 22.1 Å². The molecule has 1 aromatic carbocycles. The van der Waals surface area contributed by atoms with Gasteiger partial charge in [-0.3, -0.25) is 19.7 Å². The molecule has 0 spiro atoms. The summed E-state index contributed by atoms with van der Waals surface area (Å²) in [5.41, 5.74) is -1.09. The molecule has 1 aromatic rings. The molecule has 0 radical (unpaired) electrons. The lowest BCUT2D eigenvalue weighted by atomic mass is 10.00. The second kappa shape index (κ2) is 6.00. The molecule has 1 amide bonds. The molecule has 0 aromatic heterocycles. The Morgan fingerprint density at radius 3 is 2.55 bits per heavy atom. The number of benzene rings is 1. The quantitative estimate of drug-likeness (QED) is 0.629. The monoisotopic (exact) mass is 344 g/mol. The summed E-state index contributed by atoms with van der Waals surface area (Å²) in [5.74, 6) is -1.61. The van der Waals surface area contributed by atoms with E-state index < -0.39 is 22.3 Å². The van der Waals surface area contributed by atoms with Crippen molar-refractivity contribution < 1.29 is 19.6 Å². The number of nitro benzene ring substituents is 1. The molecule has 108 valence electrons. The number of carbonyl (C=O) groups is 2. The summed E-state index contributed by atoms with van der Waals surface area (Å²) in [6.45, 7) is 3.12. The van der Waals surface area contributed by atoms with Gasteiger partial charge in [-0.2, -0.15) is 0 Å². The van der Waals surface area contributed by atoms with Crippen LogP contribution in [-0.2, 0) is 4.79 Å². The van der Waals surface area contributed by atoms with Gasteiger partial charge in [0.05, 0.1) is 15.8 Å². The van der Waals surface area contributed by atoms with Crippen LogP contribution in [0.3, 0.4) is 0 Å². The van der Waals surface area contributed by atoms with Gasteiger partial charge in [-0.25, -0.2) is 0 Å². The molecule has 1 rings (SSSR count). The second-order valence-corrected chi connectivity index (χ2v) is 5.69. The topological polar surface area (TPSA) is 110 Å². The first-order chi connectivity index (χ1) is 9.12. The van der Waals surface area contributed by atoms with Gasteiger partial charge in [-0.1, -0.05) is 0 Å². The largest absolute Gasteiger partial charge is 0.481 e. The predicted octanol–water partition coefficient (Wildman–Crippen LogP) is 2.34. The zero-order valence-corrected chi connectivity index (χ0v) is 12.4. The van der Waals surface area contributed by atoms with Gasteiger partial charge >= 0.3 is 5.97 Å². The normalized spacial score (nSPS) is 10.9. The van der Waals surface area contributed by atoms with E-state index in [1.165, 1.54) is 12.1 Å². The minimum absolute atomic E-state index is 0.0957. The molecule has 8 heteroatoms. The van der Waals surface area contributed by atoms with Crippen LogP contribution in [0.1, 0.15) is 30.6 Å². The summed E-state index contributed by atoms with van der Waals surface area (Å²) in [5, 5.41) is 22.1. The van der Waals surface area contributed by atoms with E-state index in [0.29, 0.717) is 0 Å². The van der Waals surface area contributed by atoms with Crippen LogP contribution in [0.25, 0.3) is 0 Å². The number of amides is 1. The van der Waals surface area contributed by atoms with Gasteiger partial charge in [0.25, 0.3) is 11.6 Å². The van der Waals surface area contributed by atoms with Gasteiger partial charge in [0, 0.05) is 17.2 Å². The van der Waals surface area contributed by atoms with Gasteiger partial charge in [0.2, 0.25) is 0 Å². The summed E-state index contributed by atoms with van der Waals surface area (Å²) >= 11 is 3.02. The third-order valence-corrected chi connectivity index (χ3v) is 3.12. The van der Waals surface area contributed by atoms with Gasteiger partial charge < -0.3 is 10.4 Å². The molecule has 0 saturated heterocycles. The standard InChI is InChI=1S/C12H13BrN2O5/c1-12(2,6-10(16)17)14-11(18)7-3-4-8(13)9(5-7)15(19)20/h3-5H,6H2,1-2H3,(H,14,18)(H,16,17). The lowest BCUT2D eigenvalue weighted by Gasteiger charge is -2.24. The van der Waals surface area contributed by atoms with Crippen molar-refractivity contribution in [3.8, 4) is 0 Å². The first-order valence-corrected chi connectivity index (χ1v) is 6.40. The van der Waals surface area contributed by atoms with Crippen LogP contribution in [0.5, 0.6) is 0 Å². The molecule has 20 heavy (non-hydrogen) atoms. The number of aliphatic carboxylic acids is 1. The fourth-order valence-electron chi connectivity index (χ4n) is 1.60. The van der Waals surface area contributed by atoms with Crippen molar-refractivity contribution >= 4 is 33.5 Å². The smallest absolute Gasteiger partial charge is 0.305 e. The van der Waals surface area contributed by atoms with Crippen molar-refractivity contribution in [2.45, 2.75) is 25.8 Å². The van der Waals surface area contributed by atoms with Crippen molar-refractivity contribution in [1.82, 2.24) is 5.32 Å². The Labute approximate surface area is 123 Å². The Hall–Kier alpha value is -1.96. The molecule has 0 bridgehead atoms. The molecule has 2 N–H and O–H groups in total. The molecule has 0 heterocycles. The zero-order valence-electron chi connectivity index (χ0n) is 10.8. The van der Waals surface area contributed by atoms with Crippen LogP contribution in [0.4, 0.5) is 5.69 Å². The van der Waals surface area contributed by atoms with Crippen LogP contribution in [0.15, 0.2) is 22.7 Å². The van der Waals surface area contributed by atoms with E-state index >= 15 is 0 Å². The summed E-state index contributed by atoms with van der Waals surface area (Å²) in [6, 6.07) is 3.96. The number of nitrogens with one attached hydrogen (secondary N) is 1. The molecular weight excluding hydrogens is 332 g/mol. The predicted molar refractivity (Wildman–Crippen MR) is 74.6 cm³/mol. The van der Waals surface area contributed by atoms with Crippen molar-refractivity contribution in [2.75, 3.05) is 0 Å². The maximum atomic E-state index is 12.0. The average molecular weight is 345 g/mol. The fraction of sp³-hybridized carbons (Fsp3) is 0.333. The summed E-state index contributed by atoms with van der Waals surface area (Å²) in [7, 11) is 0. The molecule has 0 saturated carbocycles. The highest BCUT2D eigenvalue weighted by Gasteiger charge is 2.25. The zero-order chi connectivity index (χ0) is 15.5. The third-order valence-electron chi connectivity index (χ3n) is 2.45. The number of nitrogens with zero attached hydrogens (tertiary/aromatic N) is 1. The van der Waals surface area contributed by atoms with Crippen LogP contribution in [0.2, 0.25) is 0 Å². The van der Waals surface area contributed by atoms with E-state index in [2.05, 4.69) is 21.2 Å². The Balaban J connectivity index is 2.96. The number of rotatable bonds is 5. The van der Waals surface area contributed by atoms with Gasteiger partial charge in [-0.05, 0) is 41.9 Å². The number of nitro groups is 1. The SMILES string of the molecule is CC(C)(CC(=O)O)NC(=O)c1ccc(Br)c([N+](=O)[O-])c1. The summed E-state index contributed by atoms with van der Waals surface area (Å²) in [4.78, 5) is 32.8. The van der Waals surface area contributed by atoms with E-state index in [9.17, 15) is 19.7 Å². The second-order valence-electron chi connectivity index (χ2n) is 4.83. The Morgan fingerprint density at radius 1 is 1.45 bits per heavy atom. The fourth-order valence-corrected chi connectivity index (χ4v) is 1.99. The Bertz CT molecular complexity index is 571. The lowest BCUT2D eigenvalue weighted by Crippen LogP contribution is -2.44. The first kappa shape index (κ1) is 16.1. The maximum Gasteiger partial charge on any atom is 0.305 e. The van der Waals surface area contributed by atoms with Gasteiger partial charge in [-0.15, -0.1) is 0 Å². The van der Waals surface area contributed by atoms with Crippen LogP contribution >= 0.6 is 15.9 Å². The molecular formula is C12H13BrN2O5. The molecule has 0 aliphatic rings. The molecule has 0 fully saturated rings. The van der Waals surface area contributed by atoms with Crippen LogP contribution in [0, 0.1) is 10.1 Å². The molecule has 7 nitrogen and oxygen atoms in total. The van der Waals surface area contributed by atoms with Crippen molar-refractivity contribution in [3.63, 3.8) is 0 Å². The maximum absolute atomic E-state index is 12.0. The number of carbonyl (C=O) groups excluding carboxylic acids is 1. The van der Waals surface area contributed by atoms with Crippen molar-refractivity contribution in [2.24, 2.45) is 0 Å². The Kier molecular flexibility index (Phi) is 4.83. The van der Waals surface area contributed by atoms with Gasteiger partial charge in [0.15, 0.2) is 0 Å². The minimum atomic E-state index is -1.04. The number of carboxylic acid groups (broad SMARTS) is 1. The van der Waals surface area contributed by atoms with Crippen molar-refractivity contribution in [1.29, 1.82) is 0 Å². The summed E-state index contributed by atoms with van der Waals surface area (Å²) < 4.78 is 0.267. The number of hydrogen-bond acceptors (Lipinski definition) is 4. The number of carboxylic acids is 1. The number of hydrogen-bond donors (Lipinski definition) is 2. The minimum Gasteiger partial charge on any atom is -0.481 e. The van der Waals surface area contributed by atoms with E-state index in [0.717, 1.165) is 6.07 Å². The van der Waals surface area contributed by atoms with E-state index in [4.69, 9.17) is 5.11 Å². The van der Waals surface area contributed by atoms with E-state index in [1.807, 2.05) is 0 Å². The summed E-state index contributed by atoms with van der Waals surface area (Å²) in [6.07, 6.45) is -0.253. The molecule has 0 atom stereocenters. The average Bonchev–Trinajstić information content (AvgIpc) is 2.26. The highest BCUT2D eigenvalue weighted by Crippen LogP contribution is 2.25. The van der Waals surface area contributed by atoms with Crippen molar-refractivity contribution in [3.05, 3.63) is 38.3 Å². The first-order valence-electron chi connectivity index (χ1n) is 5.60. The van der Waals surface area contributed by atoms with E-state index in [1.54, 1.807) is 13.8 Å². The molecule has 0 unspecified atom stereocenters. The Morgan fingerprint density at radius 2 is 2.05 bits per heavy atom. The number of halogens is 1. The van der Waals surface area contributed by atoms with Gasteiger partial charge in [0.1, 0.15) is 0 Å². The molecule has 0 aliphatic heterocycles. The lowest BCUT2D eigenvalue weighted by molar-refractivity contribution is -0.385. The van der Waals surface area contributed by atoms with Crippen LogP contribution < -0.4 is 5.32 Å².